The van der Waals surface area contributed by atoms with Gasteiger partial charge in [-0.3, -0.25) is 9.58 Å². The molecule has 2 rings (SSSR count). The van der Waals surface area contributed by atoms with Gasteiger partial charge in [-0.1, -0.05) is 13.8 Å². The number of aryl methyl sites for hydroxylation is 2. The minimum Gasteiger partial charge on any atom is -0.357 e. The van der Waals surface area contributed by atoms with Crippen LogP contribution in [0.25, 0.3) is 0 Å². The number of nitrogens with one attached hydrogen (secondary N) is 2. The Morgan fingerprint density at radius 2 is 1.81 bits per heavy atom. The highest BCUT2D eigenvalue weighted by atomic mass is 127. The number of halogens is 4. The predicted octanol–water partition coefficient (Wildman–Crippen LogP) is 3.88. The smallest absolute Gasteiger partial charge is 0.357 e. The molecule has 1 aliphatic rings. The van der Waals surface area contributed by atoms with Crippen LogP contribution in [0, 0.1) is 5.92 Å². The summed E-state index contributed by atoms with van der Waals surface area (Å²) < 4.78 is 39.5. The summed E-state index contributed by atoms with van der Waals surface area (Å²) in [5.74, 6) is 1.24. The Hall–Kier alpha value is -1.04. The van der Waals surface area contributed by atoms with Crippen molar-refractivity contribution in [3.8, 4) is 0 Å². The molecule has 10 heteroatoms. The molecule has 0 aliphatic carbocycles. The van der Waals surface area contributed by atoms with Gasteiger partial charge in [-0.05, 0) is 58.0 Å². The van der Waals surface area contributed by atoms with Crippen molar-refractivity contribution >= 4 is 29.9 Å². The van der Waals surface area contributed by atoms with E-state index in [1.54, 1.807) is 0 Å². The summed E-state index contributed by atoms with van der Waals surface area (Å²) in [6, 6.07) is 0. The molecular weight excluding hydrogens is 520 g/mol. The van der Waals surface area contributed by atoms with Crippen LogP contribution >= 0.6 is 24.0 Å². The maximum Gasteiger partial charge on any atom is 0.401 e. The Labute approximate surface area is 201 Å². The second-order valence-electron chi connectivity index (χ2n) is 7.95. The number of piperidine rings is 1. The maximum atomic E-state index is 12.5. The fourth-order valence-electron chi connectivity index (χ4n) is 4.15. The minimum absolute atomic E-state index is 0. The van der Waals surface area contributed by atoms with Crippen molar-refractivity contribution < 1.29 is 13.2 Å². The number of guanidine groups is 1. The third-order valence-corrected chi connectivity index (χ3v) is 5.72. The first-order chi connectivity index (χ1) is 14.3. The van der Waals surface area contributed by atoms with Gasteiger partial charge < -0.3 is 10.6 Å². The molecule has 0 spiro atoms. The molecule has 6 nitrogen and oxygen atoms in total. The van der Waals surface area contributed by atoms with Gasteiger partial charge in [0.2, 0.25) is 0 Å². The SMILES string of the molecule is CCNC(=NCc1c(CC)nn(C)c1CC)NCCC1CCN(CC(F)(F)F)CC1.I. The van der Waals surface area contributed by atoms with E-state index < -0.39 is 12.7 Å². The van der Waals surface area contributed by atoms with Crippen LogP contribution in [0.3, 0.4) is 0 Å². The highest BCUT2D eigenvalue weighted by Gasteiger charge is 2.32. The second-order valence-corrected chi connectivity index (χ2v) is 7.95. The van der Waals surface area contributed by atoms with E-state index >= 15 is 0 Å². The van der Waals surface area contributed by atoms with Crippen LogP contribution in [0.4, 0.5) is 13.2 Å². The van der Waals surface area contributed by atoms with Crippen molar-refractivity contribution in [3.05, 3.63) is 17.0 Å². The zero-order chi connectivity index (χ0) is 22.1. The summed E-state index contributed by atoms with van der Waals surface area (Å²) in [5, 5.41) is 11.3. The van der Waals surface area contributed by atoms with E-state index in [2.05, 4.69) is 29.6 Å². The molecule has 180 valence electrons. The van der Waals surface area contributed by atoms with Crippen LogP contribution in [0.2, 0.25) is 0 Å². The third-order valence-electron chi connectivity index (χ3n) is 5.72. The number of hydrogen-bond donors (Lipinski definition) is 2. The number of likely N-dealkylation sites (tertiary alicyclic amines) is 1. The number of rotatable bonds is 9. The molecule has 1 saturated heterocycles. The Kier molecular flexibility index (Phi) is 12.2. The molecule has 0 atom stereocenters. The van der Waals surface area contributed by atoms with Crippen molar-refractivity contribution in [1.29, 1.82) is 0 Å². The number of aliphatic imine (C=N–C) groups is 1. The lowest BCUT2D eigenvalue weighted by molar-refractivity contribution is -0.148. The van der Waals surface area contributed by atoms with Crippen LogP contribution in [0.5, 0.6) is 0 Å². The first-order valence-corrected chi connectivity index (χ1v) is 11.1. The molecule has 0 saturated carbocycles. The van der Waals surface area contributed by atoms with Gasteiger partial charge in [0.25, 0.3) is 0 Å². The minimum atomic E-state index is -4.10. The molecule has 2 heterocycles. The normalized spacial score (nSPS) is 16.3. The Bertz CT molecular complexity index is 681. The van der Waals surface area contributed by atoms with Crippen LogP contribution < -0.4 is 10.6 Å². The van der Waals surface area contributed by atoms with Crippen molar-refractivity contribution in [2.75, 3.05) is 32.7 Å². The molecule has 1 aromatic rings. The van der Waals surface area contributed by atoms with Gasteiger partial charge in [0, 0.05) is 31.4 Å². The molecule has 0 bridgehead atoms. The summed E-state index contributed by atoms with van der Waals surface area (Å²) in [6.45, 7) is 8.67. The lowest BCUT2D eigenvalue weighted by Gasteiger charge is -2.32. The van der Waals surface area contributed by atoms with E-state index in [0.717, 1.165) is 56.8 Å². The Balaban J connectivity index is 0.00000480. The molecular formula is C21H38F3IN6. The maximum absolute atomic E-state index is 12.5. The molecule has 0 aromatic carbocycles. The largest absolute Gasteiger partial charge is 0.401 e. The van der Waals surface area contributed by atoms with Crippen LogP contribution in [0.1, 0.15) is 57.0 Å². The number of hydrogen-bond acceptors (Lipinski definition) is 3. The number of alkyl halides is 3. The van der Waals surface area contributed by atoms with E-state index in [1.807, 2.05) is 18.7 Å². The van der Waals surface area contributed by atoms with E-state index in [-0.39, 0.29) is 24.0 Å². The molecule has 1 fully saturated rings. The summed E-state index contributed by atoms with van der Waals surface area (Å²) >= 11 is 0. The van der Waals surface area contributed by atoms with Crippen LogP contribution in [-0.4, -0.2) is 59.5 Å². The van der Waals surface area contributed by atoms with Gasteiger partial charge in [-0.2, -0.15) is 18.3 Å². The lowest BCUT2D eigenvalue weighted by atomic mass is 9.93. The Morgan fingerprint density at radius 3 is 2.35 bits per heavy atom. The van der Waals surface area contributed by atoms with E-state index in [0.29, 0.717) is 25.6 Å². The molecule has 2 N–H and O–H groups in total. The third kappa shape index (κ3) is 9.15. The number of nitrogens with zero attached hydrogens (tertiary/aromatic N) is 4. The monoisotopic (exact) mass is 558 g/mol. The van der Waals surface area contributed by atoms with Crippen LogP contribution in [-0.2, 0) is 26.4 Å². The quantitative estimate of drug-likeness (QED) is 0.275. The second kappa shape index (κ2) is 13.5. The first-order valence-electron chi connectivity index (χ1n) is 11.1. The average Bonchev–Trinajstić information content (AvgIpc) is 3.00. The van der Waals surface area contributed by atoms with Crippen molar-refractivity contribution in [1.82, 2.24) is 25.3 Å². The van der Waals surface area contributed by atoms with Crippen molar-refractivity contribution in [2.24, 2.45) is 18.0 Å². The fraction of sp³-hybridized carbons (Fsp3) is 0.810. The summed E-state index contributed by atoms with van der Waals surface area (Å²) in [7, 11) is 1.98. The zero-order valence-corrected chi connectivity index (χ0v) is 21.5. The van der Waals surface area contributed by atoms with Crippen molar-refractivity contribution in [3.63, 3.8) is 0 Å². The van der Waals surface area contributed by atoms with E-state index in [1.165, 1.54) is 16.2 Å². The van der Waals surface area contributed by atoms with Crippen LogP contribution in [0.15, 0.2) is 4.99 Å². The molecule has 1 aliphatic heterocycles. The summed E-state index contributed by atoms with van der Waals surface area (Å²) in [6.07, 6.45) is 0.287. The summed E-state index contributed by atoms with van der Waals surface area (Å²) in [5.41, 5.74) is 3.52. The predicted molar refractivity (Wildman–Crippen MR) is 130 cm³/mol. The van der Waals surface area contributed by atoms with E-state index in [9.17, 15) is 13.2 Å². The summed E-state index contributed by atoms with van der Waals surface area (Å²) in [4.78, 5) is 6.27. The van der Waals surface area contributed by atoms with Gasteiger partial charge in [0.15, 0.2) is 5.96 Å². The fourth-order valence-corrected chi connectivity index (χ4v) is 4.15. The van der Waals surface area contributed by atoms with Gasteiger partial charge in [0.1, 0.15) is 0 Å². The first kappa shape index (κ1) is 28.0. The van der Waals surface area contributed by atoms with Gasteiger partial charge in [0.05, 0.1) is 18.8 Å². The van der Waals surface area contributed by atoms with E-state index in [4.69, 9.17) is 4.99 Å². The molecule has 31 heavy (non-hydrogen) atoms. The van der Waals surface area contributed by atoms with Crippen molar-refractivity contribution in [2.45, 2.75) is 65.6 Å². The number of aromatic nitrogens is 2. The van der Waals surface area contributed by atoms with Gasteiger partial charge in [-0.25, -0.2) is 4.99 Å². The molecule has 0 radical (unpaired) electrons. The van der Waals surface area contributed by atoms with Gasteiger partial charge >= 0.3 is 6.18 Å². The molecule has 0 amide bonds. The highest BCUT2D eigenvalue weighted by Crippen LogP contribution is 2.24. The molecule has 0 unspecified atom stereocenters. The van der Waals surface area contributed by atoms with Gasteiger partial charge in [-0.15, -0.1) is 24.0 Å². The standard InChI is InChI=1S/C21H37F3N6.HI/c1-5-18-17(19(6-2)29(4)28-18)14-27-20(25-7-3)26-11-8-16-9-12-30(13-10-16)15-21(22,23)24;/h16H,5-15H2,1-4H3,(H2,25,26,27);1H. The Morgan fingerprint density at radius 1 is 1.13 bits per heavy atom. The average molecular weight is 558 g/mol. The molecule has 1 aromatic heterocycles. The highest BCUT2D eigenvalue weighted by molar-refractivity contribution is 14.0. The zero-order valence-electron chi connectivity index (χ0n) is 19.2. The topological polar surface area (TPSA) is 57.5 Å². The lowest BCUT2D eigenvalue weighted by Crippen LogP contribution is -2.41.